The van der Waals surface area contributed by atoms with Crippen molar-refractivity contribution in [2.45, 2.75) is 0 Å². The number of halogens is 3. The molecule has 16 heavy (non-hydrogen) atoms. The van der Waals surface area contributed by atoms with Crippen molar-refractivity contribution in [2.75, 3.05) is 7.11 Å². The lowest BCUT2D eigenvalue weighted by atomic mass is 10.1. The molecule has 0 aliphatic rings. The second-order valence-electron chi connectivity index (χ2n) is 2.97. The van der Waals surface area contributed by atoms with Crippen molar-refractivity contribution in [3.8, 4) is 17.0 Å². The maximum absolute atomic E-state index is 6.00. The molecule has 0 aliphatic heterocycles. The Balaban J connectivity index is 2.49. The van der Waals surface area contributed by atoms with Crippen LogP contribution in [0.1, 0.15) is 0 Å². The Labute approximate surface area is 110 Å². The number of rotatable bonds is 2. The Hall–Kier alpha value is -0.710. The highest BCUT2D eigenvalue weighted by molar-refractivity contribution is 9.10. The zero-order chi connectivity index (χ0) is 11.7. The summed E-state index contributed by atoms with van der Waals surface area (Å²) < 4.78 is 10.4. The van der Waals surface area contributed by atoms with E-state index in [9.17, 15) is 0 Å². The van der Waals surface area contributed by atoms with Crippen molar-refractivity contribution in [2.24, 2.45) is 0 Å². The van der Waals surface area contributed by atoms with Crippen LogP contribution in [-0.4, -0.2) is 12.3 Å². The first kappa shape index (κ1) is 11.8. The predicted octanol–water partition coefficient (Wildman–Crippen LogP) is 4.42. The van der Waals surface area contributed by atoms with Crippen LogP contribution in [0, 0.1) is 0 Å². The molecule has 84 valence electrons. The van der Waals surface area contributed by atoms with E-state index >= 15 is 0 Å². The number of hydrogen-bond acceptors (Lipinski definition) is 3. The first-order valence-corrected chi connectivity index (χ1v) is 5.83. The Kier molecular flexibility index (Phi) is 3.42. The second kappa shape index (κ2) is 4.65. The van der Waals surface area contributed by atoms with Gasteiger partial charge in [0, 0.05) is 5.56 Å². The monoisotopic (exact) mass is 321 g/mol. The van der Waals surface area contributed by atoms with E-state index in [1.807, 2.05) is 0 Å². The number of benzene rings is 1. The van der Waals surface area contributed by atoms with Gasteiger partial charge in [0.1, 0.15) is 16.5 Å². The van der Waals surface area contributed by atoms with Crippen LogP contribution in [0.3, 0.4) is 0 Å². The Morgan fingerprint density at radius 3 is 2.62 bits per heavy atom. The van der Waals surface area contributed by atoms with Gasteiger partial charge < -0.3 is 9.26 Å². The lowest BCUT2D eigenvalue weighted by molar-refractivity contribution is 0.402. The first-order chi connectivity index (χ1) is 7.63. The largest absolute Gasteiger partial charge is 0.495 e. The third-order valence-electron chi connectivity index (χ3n) is 2.02. The van der Waals surface area contributed by atoms with E-state index in [0.29, 0.717) is 26.2 Å². The fourth-order valence-corrected chi connectivity index (χ4v) is 1.95. The highest BCUT2D eigenvalue weighted by atomic mass is 79.9. The summed E-state index contributed by atoms with van der Waals surface area (Å²) in [5, 5.41) is 4.74. The molecule has 0 fully saturated rings. The number of methoxy groups -OCH3 is 1. The molecule has 0 spiro atoms. The summed E-state index contributed by atoms with van der Waals surface area (Å²) in [7, 11) is 1.56. The lowest BCUT2D eigenvalue weighted by Crippen LogP contribution is -1.85. The van der Waals surface area contributed by atoms with Gasteiger partial charge in [-0.15, -0.1) is 0 Å². The van der Waals surface area contributed by atoms with Crippen LogP contribution in [-0.2, 0) is 0 Å². The molecule has 0 aliphatic carbocycles. The van der Waals surface area contributed by atoms with Crippen molar-refractivity contribution in [3.05, 3.63) is 32.9 Å². The molecule has 0 saturated carbocycles. The van der Waals surface area contributed by atoms with E-state index < -0.39 is 0 Å². The minimum Gasteiger partial charge on any atom is -0.495 e. The molecular weight excluding hydrogens is 317 g/mol. The molecule has 0 saturated heterocycles. The SMILES string of the molecule is COc1ccc(-c2noc(Br)c2Cl)cc1Cl. The molecule has 1 aromatic heterocycles. The molecule has 1 heterocycles. The number of ether oxygens (including phenoxy) is 1. The molecule has 3 nitrogen and oxygen atoms in total. The topological polar surface area (TPSA) is 35.3 Å². The van der Waals surface area contributed by atoms with Gasteiger partial charge in [-0.1, -0.05) is 28.4 Å². The molecule has 0 bridgehead atoms. The molecule has 0 radical (unpaired) electrons. The molecular formula is C10H6BrCl2NO2. The quantitative estimate of drug-likeness (QED) is 0.821. The van der Waals surface area contributed by atoms with Crippen LogP contribution in [0.4, 0.5) is 0 Å². The van der Waals surface area contributed by atoms with Gasteiger partial charge in [0.05, 0.1) is 12.1 Å². The van der Waals surface area contributed by atoms with Crippen LogP contribution < -0.4 is 4.74 Å². The van der Waals surface area contributed by atoms with Gasteiger partial charge in [0.15, 0.2) is 0 Å². The predicted molar refractivity (Wildman–Crippen MR) is 66.2 cm³/mol. The molecule has 2 rings (SSSR count). The summed E-state index contributed by atoms with van der Waals surface area (Å²) >= 11 is 15.1. The van der Waals surface area contributed by atoms with Gasteiger partial charge in [-0.25, -0.2) is 0 Å². The number of aromatic nitrogens is 1. The van der Waals surface area contributed by atoms with Crippen molar-refractivity contribution in [1.29, 1.82) is 0 Å². The molecule has 0 atom stereocenters. The summed E-state index contributed by atoms with van der Waals surface area (Å²) in [6.45, 7) is 0. The molecule has 2 aromatic rings. The summed E-state index contributed by atoms with van der Waals surface area (Å²) in [5.74, 6) is 0.601. The van der Waals surface area contributed by atoms with E-state index in [-0.39, 0.29) is 0 Å². The average Bonchev–Trinajstić information content (AvgIpc) is 2.60. The standard InChI is InChI=1S/C10H6BrCl2NO2/c1-15-7-3-2-5(4-6(7)12)9-8(13)10(11)16-14-9/h2-4H,1H3. The van der Waals surface area contributed by atoms with E-state index in [4.69, 9.17) is 32.5 Å². The normalized spacial score (nSPS) is 10.5. The van der Waals surface area contributed by atoms with Gasteiger partial charge in [-0.2, -0.15) is 0 Å². The molecule has 0 amide bonds. The zero-order valence-electron chi connectivity index (χ0n) is 8.13. The summed E-state index contributed by atoms with van der Waals surface area (Å²) in [4.78, 5) is 0. The van der Waals surface area contributed by atoms with Crippen LogP contribution >= 0.6 is 39.1 Å². The minimum atomic E-state index is 0.399. The van der Waals surface area contributed by atoms with Crippen molar-refractivity contribution in [1.82, 2.24) is 5.16 Å². The van der Waals surface area contributed by atoms with Crippen LogP contribution in [0.5, 0.6) is 5.75 Å². The molecule has 1 aromatic carbocycles. The highest BCUT2D eigenvalue weighted by Crippen LogP contribution is 2.36. The minimum absolute atomic E-state index is 0.399. The fraction of sp³-hybridized carbons (Fsp3) is 0.100. The Morgan fingerprint density at radius 2 is 2.12 bits per heavy atom. The van der Waals surface area contributed by atoms with Crippen molar-refractivity contribution in [3.63, 3.8) is 0 Å². The Morgan fingerprint density at radius 1 is 1.38 bits per heavy atom. The Bertz CT molecular complexity index is 528. The van der Waals surface area contributed by atoms with E-state index in [1.54, 1.807) is 25.3 Å². The van der Waals surface area contributed by atoms with E-state index in [1.165, 1.54) is 0 Å². The van der Waals surface area contributed by atoms with Gasteiger partial charge in [0.25, 0.3) is 0 Å². The average molecular weight is 323 g/mol. The lowest BCUT2D eigenvalue weighted by Gasteiger charge is -2.03. The van der Waals surface area contributed by atoms with Crippen LogP contribution in [0.15, 0.2) is 27.4 Å². The van der Waals surface area contributed by atoms with Crippen molar-refractivity contribution < 1.29 is 9.26 Å². The maximum Gasteiger partial charge on any atom is 0.221 e. The molecule has 0 unspecified atom stereocenters. The number of nitrogens with zero attached hydrogens (tertiary/aromatic N) is 1. The summed E-state index contributed by atoms with van der Waals surface area (Å²) in [6, 6.07) is 5.27. The maximum atomic E-state index is 6.00. The molecule has 0 N–H and O–H groups in total. The third-order valence-corrected chi connectivity index (χ3v) is 3.44. The van der Waals surface area contributed by atoms with Crippen molar-refractivity contribution >= 4 is 39.1 Å². The summed E-state index contributed by atoms with van der Waals surface area (Å²) in [6.07, 6.45) is 0. The summed E-state index contributed by atoms with van der Waals surface area (Å²) in [5.41, 5.74) is 1.31. The first-order valence-electron chi connectivity index (χ1n) is 4.28. The van der Waals surface area contributed by atoms with Gasteiger partial charge >= 0.3 is 0 Å². The van der Waals surface area contributed by atoms with E-state index in [0.717, 1.165) is 5.56 Å². The third kappa shape index (κ3) is 2.05. The second-order valence-corrected chi connectivity index (χ2v) is 4.47. The van der Waals surface area contributed by atoms with Gasteiger partial charge in [-0.05, 0) is 34.1 Å². The number of hydrogen-bond donors (Lipinski definition) is 0. The highest BCUT2D eigenvalue weighted by Gasteiger charge is 2.14. The van der Waals surface area contributed by atoms with Crippen LogP contribution in [0.25, 0.3) is 11.3 Å². The zero-order valence-corrected chi connectivity index (χ0v) is 11.2. The van der Waals surface area contributed by atoms with Gasteiger partial charge in [-0.3, -0.25) is 0 Å². The smallest absolute Gasteiger partial charge is 0.221 e. The molecule has 6 heteroatoms. The van der Waals surface area contributed by atoms with Gasteiger partial charge in [0.2, 0.25) is 4.67 Å². The van der Waals surface area contributed by atoms with Crippen LogP contribution in [0.2, 0.25) is 10.0 Å². The fourth-order valence-electron chi connectivity index (χ4n) is 1.25. The van der Waals surface area contributed by atoms with E-state index in [2.05, 4.69) is 21.1 Å².